The predicted molar refractivity (Wildman–Crippen MR) is 123 cm³/mol. The molecule has 33 heavy (non-hydrogen) atoms. The topological polar surface area (TPSA) is 81.0 Å². The van der Waals surface area contributed by atoms with Crippen LogP contribution in [0.15, 0.2) is 83.5 Å². The number of carbonyl (C=O) groups excluding carboxylic acids is 2. The number of amides is 1. The molecule has 4 rings (SSSR count). The summed E-state index contributed by atoms with van der Waals surface area (Å²) in [5, 5.41) is 2.74. The lowest BCUT2D eigenvalue weighted by Crippen LogP contribution is -2.47. The summed E-state index contributed by atoms with van der Waals surface area (Å²) in [4.78, 5) is 27.7. The molecule has 7 nitrogen and oxygen atoms in total. The Morgan fingerprint density at radius 2 is 1.73 bits per heavy atom. The second-order valence-electron chi connectivity index (χ2n) is 8.04. The average Bonchev–Trinajstić information content (AvgIpc) is 3.39. The lowest BCUT2D eigenvalue weighted by molar-refractivity contribution is -0.152. The van der Waals surface area contributed by atoms with Crippen molar-refractivity contribution in [2.24, 2.45) is 0 Å². The molecule has 1 saturated heterocycles. The van der Waals surface area contributed by atoms with E-state index >= 15 is 0 Å². The van der Waals surface area contributed by atoms with Gasteiger partial charge in [0, 0.05) is 26.1 Å². The van der Waals surface area contributed by atoms with E-state index in [9.17, 15) is 9.59 Å². The highest BCUT2D eigenvalue weighted by Gasteiger charge is 2.27. The van der Waals surface area contributed by atoms with E-state index in [2.05, 4.69) is 22.3 Å². The lowest BCUT2D eigenvalue weighted by atomic mass is 10.1. The van der Waals surface area contributed by atoms with E-state index in [0.717, 1.165) is 18.7 Å². The van der Waals surface area contributed by atoms with Gasteiger partial charge in [0.15, 0.2) is 5.76 Å². The Hall–Kier alpha value is -3.42. The normalized spacial score (nSPS) is 17.3. The SMILES string of the molecule is O=C(NC(Cc1ccccc1)C(=O)OCC1CN(Cc2ccccc2)CCO1)c1ccco1. The average molecular weight is 449 g/mol. The third kappa shape index (κ3) is 6.78. The number of benzene rings is 2. The number of morpholine rings is 1. The van der Waals surface area contributed by atoms with Crippen molar-refractivity contribution in [1.29, 1.82) is 0 Å². The highest BCUT2D eigenvalue weighted by molar-refractivity contribution is 5.94. The van der Waals surface area contributed by atoms with Crippen LogP contribution in [-0.4, -0.2) is 55.2 Å². The summed E-state index contributed by atoms with van der Waals surface area (Å²) < 4.78 is 16.6. The number of hydrogen-bond donors (Lipinski definition) is 1. The molecule has 1 aliphatic rings. The molecule has 2 atom stereocenters. The molecule has 7 heteroatoms. The van der Waals surface area contributed by atoms with Crippen LogP contribution in [0.5, 0.6) is 0 Å². The van der Waals surface area contributed by atoms with Crippen molar-refractivity contribution in [3.8, 4) is 0 Å². The van der Waals surface area contributed by atoms with Gasteiger partial charge < -0.3 is 19.2 Å². The molecule has 0 bridgehead atoms. The first-order valence-electron chi connectivity index (χ1n) is 11.1. The van der Waals surface area contributed by atoms with Gasteiger partial charge in [-0.2, -0.15) is 0 Å². The van der Waals surface area contributed by atoms with E-state index in [-0.39, 0.29) is 18.5 Å². The zero-order valence-electron chi connectivity index (χ0n) is 18.4. The molecule has 1 fully saturated rings. The number of esters is 1. The fourth-order valence-corrected chi connectivity index (χ4v) is 3.82. The summed E-state index contributed by atoms with van der Waals surface area (Å²) in [6, 6.07) is 22.1. The van der Waals surface area contributed by atoms with Gasteiger partial charge in [-0.3, -0.25) is 9.69 Å². The fraction of sp³-hybridized carbons (Fsp3) is 0.308. The van der Waals surface area contributed by atoms with Crippen LogP contribution in [0.1, 0.15) is 21.7 Å². The molecule has 1 amide bonds. The largest absolute Gasteiger partial charge is 0.461 e. The maximum Gasteiger partial charge on any atom is 0.329 e. The summed E-state index contributed by atoms with van der Waals surface area (Å²) in [5.74, 6) is -0.809. The first kappa shape index (κ1) is 22.8. The third-order valence-electron chi connectivity index (χ3n) is 5.50. The number of rotatable bonds is 9. The monoisotopic (exact) mass is 448 g/mol. The van der Waals surface area contributed by atoms with Crippen molar-refractivity contribution in [2.45, 2.75) is 25.1 Å². The van der Waals surface area contributed by atoms with E-state index in [4.69, 9.17) is 13.9 Å². The molecular weight excluding hydrogens is 420 g/mol. The molecule has 2 aromatic carbocycles. The van der Waals surface area contributed by atoms with Crippen LogP contribution in [0, 0.1) is 0 Å². The quantitative estimate of drug-likeness (QED) is 0.507. The van der Waals surface area contributed by atoms with Gasteiger partial charge in [-0.05, 0) is 23.3 Å². The zero-order valence-corrected chi connectivity index (χ0v) is 18.4. The highest BCUT2D eigenvalue weighted by atomic mass is 16.6. The minimum atomic E-state index is -0.839. The van der Waals surface area contributed by atoms with Crippen LogP contribution in [0.3, 0.4) is 0 Å². The molecular formula is C26H28N2O5. The minimum Gasteiger partial charge on any atom is -0.461 e. The Labute approximate surface area is 193 Å². The lowest BCUT2D eigenvalue weighted by Gasteiger charge is -2.32. The van der Waals surface area contributed by atoms with Gasteiger partial charge in [-0.1, -0.05) is 60.7 Å². The molecule has 1 aliphatic heterocycles. The molecule has 0 spiro atoms. The Balaban J connectivity index is 1.34. The number of carbonyl (C=O) groups is 2. The second kappa shape index (κ2) is 11.4. The van der Waals surface area contributed by atoms with Gasteiger partial charge in [0.25, 0.3) is 5.91 Å². The van der Waals surface area contributed by atoms with Gasteiger partial charge in [-0.15, -0.1) is 0 Å². The molecule has 0 aliphatic carbocycles. The van der Waals surface area contributed by atoms with Crippen molar-refractivity contribution >= 4 is 11.9 Å². The standard InChI is InChI=1S/C26H28N2O5/c29-25(24-12-7-14-32-24)27-23(16-20-8-3-1-4-9-20)26(30)33-19-22-18-28(13-15-31-22)17-21-10-5-2-6-11-21/h1-12,14,22-23H,13,15-19H2,(H,27,29). The maximum absolute atomic E-state index is 12.9. The smallest absolute Gasteiger partial charge is 0.329 e. The van der Waals surface area contributed by atoms with Crippen molar-refractivity contribution < 1.29 is 23.5 Å². The third-order valence-corrected chi connectivity index (χ3v) is 5.50. The summed E-state index contributed by atoms with van der Waals surface area (Å²) in [5.41, 5.74) is 2.15. The molecule has 2 unspecified atom stereocenters. The first-order chi connectivity index (χ1) is 16.2. The van der Waals surface area contributed by atoms with Crippen LogP contribution < -0.4 is 5.32 Å². The molecule has 0 radical (unpaired) electrons. The number of ether oxygens (including phenoxy) is 2. The van der Waals surface area contributed by atoms with E-state index in [1.165, 1.54) is 11.8 Å². The van der Waals surface area contributed by atoms with E-state index in [1.54, 1.807) is 12.1 Å². The number of hydrogen-bond acceptors (Lipinski definition) is 6. The number of nitrogens with one attached hydrogen (secondary N) is 1. The molecule has 1 N–H and O–H groups in total. The van der Waals surface area contributed by atoms with Crippen LogP contribution in [0.2, 0.25) is 0 Å². The van der Waals surface area contributed by atoms with Gasteiger partial charge in [0.1, 0.15) is 18.8 Å². The van der Waals surface area contributed by atoms with Crippen LogP contribution in [0.4, 0.5) is 0 Å². The Kier molecular flexibility index (Phi) is 7.90. The maximum atomic E-state index is 12.9. The summed E-state index contributed by atoms with van der Waals surface area (Å²) in [6.45, 7) is 3.04. The second-order valence-corrected chi connectivity index (χ2v) is 8.04. The predicted octanol–water partition coefficient (Wildman–Crippen LogP) is 3.06. The van der Waals surface area contributed by atoms with Crippen LogP contribution >= 0.6 is 0 Å². The zero-order chi connectivity index (χ0) is 22.9. The van der Waals surface area contributed by atoms with Gasteiger partial charge in [0.05, 0.1) is 12.9 Å². The first-order valence-corrected chi connectivity index (χ1v) is 11.1. The molecule has 1 aromatic heterocycles. The van der Waals surface area contributed by atoms with Gasteiger partial charge in [-0.25, -0.2) is 4.79 Å². The van der Waals surface area contributed by atoms with E-state index in [1.807, 2.05) is 48.5 Å². The summed E-state index contributed by atoms with van der Waals surface area (Å²) >= 11 is 0. The summed E-state index contributed by atoms with van der Waals surface area (Å²) in [6.07, 6.45) is 1.52. The van der Waals surface area contributed by atoms with E-state index in [0.29, 0.717) is 19.6 Å². The molecule has 172 valence electrons. The number of nitrogens with zero attached hydrogens (tertiary/aromatic N) is 1. The van der Waals surface area contributed by atoms with Crippen LogP contribution in [0.25, 0.3) is 0 Å². The fourth-order valence-electron chi connectivity index (χ4n) is 3.82. The Morgan fingerprint density at radius 1 is 1.00 bits per heavy atom. The Bertz CT molecular complexity index is 1010. The van der Waals surface area contributed by atoms with Gasteiger partial charge in [0.2, 0.25) is 0 Å². The van der Waals surface area contributed by atoms with Crippen molar-refractivity contribution in [1.82, 2.24) is 10.2 Å². The van der Waals surface area contributed by atoms with Crippen molar-refractivity contribution in [3.63, 3.8) is 0 Å². The molecule has 3 aromatic rings. The molecule has 0 saturated carbocycles. The van der Waals surface area contributed by atoms with Crippen molar-refractivity contribution in [2.75, 3.05) is 26.3 Å². The van der Waals surface area contributed by atoms with Crippen LogP contribution in [-0.2, 0) is 27.2 Å². The highest BCUT2D eigenvalue weighted by Crippen LogP contribution is 2.12. The van der Waals surface area contributed by atoms with Crippen molar-refractivity contribution in [3.05, 3.63) is 95.9 Å². The Morgan fingerprint density at radius 3 is 2.42 bits per heavy atom. The summed E-state index contributed by atoms with van der Waals surface area (Å²) in [7, 11) is 0. The van der Waals surface area contributed by atoms with E-state index < -0.39 is 17.9 Å². The number of furan rings is 1. The minimum absolute atomic E-state index is 0.131. The van der Waals surface area contributed by atoms with Gasteiger partial charge >= 0.3 is 5.97 Å². The molecule has 2 heterocycles.